The molecule has 0 spiro atoms. The molecule has 1 amide bonds. The third-order valence-electron chi connectivity index (χ3n) is 5.14. The number of likely N-dealkylation sites (tertiary alicyclic amines) is 1. The van der Waals surface area contributed by atoms with Gasteiger partial charge in [-0.15, -0.1) is 11.8 Å². The van der Waals surface area contributed by atoms with Gasteiger partial charge in [-0.3, -0.25) is 9.69 Å². The van der Waals surface area contributed by atoms with Crippen LogP contribution < -0.4 is 5.32 Å². The van der Waals surface area contributed by atoms with Gasteiger partial charge in [-0.1, -0.05) is 47.5 Å². The van der Waals surface area contributed by atoms with E-state index in [0.717, 1.165) is 32.5 Å². The molecular formula is C23H30N2OS. The lowest BCUT2D eigenvalue weighted by Crippen LogP contribution is -2.44. The normalized spacial score (nSPS) is 15.7. The average Bonchev–Trinajstić information content (AvgIpc) is 2.64. The number of piperidine rings is 1. The first-order valence-electron chi connectivity index (χ1n) is 9.77. The minimum absolute atomic E-state index is 0.151. The Morgan fingerprint density at radius 3 is 2.56 bits per heavy atom. The molecule has 0 saturated carbocycles. The molecule has 3 nitrogen and oxygen atoms in total. The Hall–Kier alpha value is -1.78. The van der Waals surface area contributed by atoms with Crippen molar-refractivity contribution in [1.82, 2.24) is 10.2 Å². The summed E-state index contributed by atoms with van der Waals surface area (Å²) in [7, 11) is 0. The number of benzene rings is 2. The standard InChI is InChI=1S/C23H30N2OS/c1-17-5-4-6-20(13-17)15-25-11-9-21(10-12-25)24-23(26)16-27-22-14-18(2)7-8-19(22)3/h4-8,13-14,21H,9-12,15-16H2,1-3H3,(H,24,26). The van der Waals surface area contributed by atoms with E-state index >= 15 is 0 Å². The highest BCUT2D eigenvalue weighted by atomic mass is 32.2. The minimum atomic E-state index is 0.151. The molecule has 2 aromatic rings. The van der Waals surface area contributed by atoms with Crippen molar-refractivity contribution in [1.29, 1.82) is 0 Å². The predicted molar refractivity (Wildman–Crippen MR) is 114 cm³/mol. The fraction of sp³-hybridized carbons (Fsp3) is 0.435. The maximum absolute atomic E-state index is 12.3. The third-order valence-corrected chi connectivity index (χ3v) is 6.30. The number of nitrogens with one attached hydrogen (secondary N) is 1. The van der Waals surface area contributed by atoms with Crippen LogP contribution in [0, 0.1) is 20.8 Å². The highest BCUT2D eigenvalue weighted by molar-refractivity contribution is 8.00. The van der Waals surface area contributed by atoms with E-state index in [4.69, 9.17) is 0 Å². The molecule has 3 rings (SSSR count). The van der Waals surface area contributed by atoms with Gasteiger partial charge in [0.15, 0.2) is 0 Å². The summed E-state index contributed by atoms with van der Waals surface area (Å²) in [5.41, 5.74) is 5.17. The predicted octanol–water partition coefficient (Wildman–Crippen LogP) is 4.48. The van der Waals surface area contributed by atoms with Crippen LogP contribution in [0.1, 0.15) is 35.1 Å². The molecule has 1 N–H and O–H groups in total. The summed E-state index contributed by atoms with van der Waals surface area (Å²) in [4.78, 5) is 16.0. The van der Waals surface area contributed by atoms with E-state index in [2.05, 4.69) is 73.5 Å². The number of aryl methyl sites for hydroxylation is 3. The fourth-order valence-electron chi connectivity index (χ4n) is 3.58. The summed E-state index contributed by atoms with van der Waals surface area (Å²) < 4.78 is 0. The first-order valence-corrected chi connectivity index (χ1v) is 10.8. The monoisotopic (exact) mass is 382 g/mol. The Bertz CT molecular complexity index is 782. The van der Waals surface area contributed by atoms with Crippen LogP contribution >= 0.6 is 11.8 Å². The Balaban J connectivity index is 1.41. The quantitative estimate of drug-likeness (QED) is 0.748. The van der Waals surface area contributed by atoms with E-state index in [9.17, 15) is 4.79 Å². The summed E-state index contributed by atoms with van der Waals surface area (Å²) >= 11 is 1.64. The van der Waals surface area contributed by atoms with Crippen LogP contribution in [0.25, 0.3) is 0 Å². The molecule has 2 aromatic carbocycles. The van der Waals surface area contributed by atoms with E-state index in [0.29, 0.717) is 11.8 Å². The Kier molecular flexibility index (Phi) is 6.97. The second-order valence-corrected chi connectivity index (χ2v) is 8.68. The van der Waals surface area contributed by atoms with Gasteiger partial charge in [0.25, 0.3) is 0 Å². The van der Waals surface area contributed by atoms with Crippen LogP contribution in [0.5, 0.6) is 0 Å². The first-order chi connectivity index (χ1) is 13.0. The van der Waals surface area contributed by atoms with Gasteiger partial charge >= 0.3 is 0 Å². The molecule has 1 aliphatic rings. The van der Waals surface area contributed by atoms with Crippen molar-refractivity contribution >= 4 is 17.7 Å². The minimum Gasteiger partial charge on any atom is -0.353 e. The molecule has 4 heteroatoms. The van der Waals surface area contributed by atoms with Gasteiger partial charge in [-0.25, -0.2) is 0 Å². The molecule has 0 aliphatic carbocycles. The zero-order valence-corrected chi connectivity index (χ0v) is 17.4. The van der Waals surface area contributed by atoms with E-state index in [1.807, 2.05) is 0 Å². The smallest absolute Gasteiger partial charge is 0.230 e. The van der Waals surface area contributed by atoms with Gasteiger partial charge < -0.3 is 5.32 Å². The van der Waals surface area contributed by atoms with Crippen LogP contribution in [0.2, 0.25) is 0 Å². The number of thioether (sulfide) groups is 1. The highest BCUT2D eigenvalue weighted by Gasteiger charge is 2.20. The summed E-state index contributed by atoms with van der Waals surface area (Å²) in [6.45, 7) is 9.43. The van der Waals surface area contributed by atoms with Crippen LogP contribution in [-0.2, 0) is 11.3 Å². The first kappa shape index (κ1) is 20.0. The van der Waals surface area contributed by atoms with E-state index in [1.54, 1.807) is 11.8 Å². The molecular weight excluding hydrogens is 352 g/mol. The second kappa shape index (κ2) is 9.43. The Morgan fingerprint density at radius 1 is 1.07 bits per heavy atom. The summed E-state index contributed by atoms with van der Waals surface area (Å²) in [6, 6.07) is 15.4. The maximum atomic E-state index is 12.3. The molecule has 0 radical (unpaired) electrons. The molecule has 0 bridgehead atoms. The van der Waals surface area contributed by atoms with Crippen molar-refractivity contribution in [3.05, 3.63) is 64.7 Å². The zero-order valence-electron chi connectivity index (χ0n) is 16.6. The van der Waals surface area contributed by atoms with Crippen LogP contribution in [-0.4, -0.2) is 35.7 Å². The molecule has 0 unspecified atom stereocenters. The van der Waals surface area contributed by atoms with Crippen LogP contribution in [0.4, 0.5) is 0 Å². The van der Waals surface area contributed by atoms with Crippen molar-refractivity contribution in [2.45, 2.75) is 51.1 Å². The number of hydrogen-bond donors (Lipinski definition) is 1. The van der Waals surface area contributed by atoms with Crippen molar-refractivity contribution < 1.29 is 4.79 Å². The molecule has 1 fully saturated rings. The summed E-state index contributed by atoms with van der Waals surface area (Å²) in [5.74, 6) is 0.645. The number of rotatable bonds is 6. The number of carbonyl (C=O) groups excluding carboxylic acids is 1. The molecule has 144 valence electrons. The molecule has 1 aliphatic heterocycles. The van der Waals surface area contributed by atoms with Crippen molar-refractivity contribution in [3.8, 4) is 0 Å². The van der Waals surface area contributed by atoms with Gasteiger partial charge in [0.2, 0.25) is 5.91 Å². The average molecular weight is 383 g/mol. The van der Waals surface area contributed by atoms with Crippen molar-refractivity contribution in [2.24, 2.45) is 0 Å². The Labute approximate surface area is 167 Å². The zero-order chi connectivity index (χ0) is 19.2. The molecule has 27 heavy (non-hydrogen) atoms. The second-order valence-electron chi connectivity index (χ2n) is 7.66. The lowest BCUT2D eigenvalue weighted by molar-refractivity contribution is -0.119. The maximum Gasteiger partial charge on any atom is 0.230 e. The number of nitrogens with zero attached hydrogens (tertiary/aromatic N) is 1. The number of amides is 1. The fourth-order valence-corrected chi connectivity index (χ4v) is 4.51. The SMILES string of the molecule is Cc1cccc(CN2CCC(NC(=O)CSc3cc(C)ccc3C)CC2)c1. The molecule has 0 aromatic heterocycles. The van der Waals surface area contributed by atoms with E-state index in [1.165, 1.54) is 27.1 Å². The Morgan fingerprint density at radius 2 is 1.81 bits per heavy atom. The van der Waals surface area contributed by atoms with E-state index < -0.39 is 0 Å². The lowest BCUT2D eigenvalue weighted by Gasteiger charge is -2.32. The molecule has 0 atom stereocenters. The van der Waals surface area contributed by atoms with Gasteiger partial charge in [0.1, 0.15) is 0 Å². The largest absolute Gasteiger partial charge is 0.353 e. The van der Waals surface area contributed by atoms with Gasteiger partial charge in [0, 0.05) is 30.6 Å². The third kappa shape index (κ3) is 6.12. The van der Waals surface area contributed by atoms with Gasteiger partial charge in [-0.05, 0) is 50.8 Å². The number of carbonyl (C=O) groups is 1. The molecule has 1 heterocycles. The van der Waals surface area contributed by atoms with Crippen LogP contribution in [0.3, 0.4) is 0 Å². The number of hydrogen-bond acceptors (Lipinski definition) is 3. The van der Waals surface area contributed by atoms with Gasteiger partial charge in [-0.2, -0.15) is 0 Å². The van der Waals surface area contributed by atoms with Crippen molar-refractivity contribution in [2.75, 3.05) is 18.8 Å². The van der Waals surface area contributed by atoms with Gasteiger partial charge in [0.05, 0.1) is 5.75 Å². The van der Waals surface area contributed by atoms with Crippen LogP contribution in [0.15, 0.2) is 47.4 Å². The highest BCUT2D eigenvalue weighted by Crippen LogP contribution is 2.23. The summed E-state index contributed by atoms with van der Waals surface area (Å²) in [6.07, 6.45) is 2.07. The lowest BCUT2D eigenvalue weighted by atomic mass is 10.0. The topological polar surface area (TPSA) is 32.3 Å². The summed E-state index contributed by atoms with van der Waals surface area (Å²) in [5, 5.41) is 3.23. The molecule has 1 saturated heterocycles. The van der Waals surface area contributed by atoms with Crippen molar-refractivity contribution in [3.63, 3.8) is 0 Å². The van der Waals surface area contributed by atoms with E-state index in [-0.39, 0.29) is 5.91 Å².